The molecule has 178 valence electrons. The molecule has 0 saturated carbocycles. The molecular formula is C26H28ClN3O4. The van der Waals surface area contributed by atoms with Gasteiger partial charge in [-0.1, -0.05) is 35.9 Å². The molecule has 0 aliphatic heterocycles. The summed E-state index contributed by atoms with van der Waals surface area (Å²) in [5.41, 5.74) is 2.36. The lowest BCUT2D eigenvalue weighted by atomic mass is 10.1. The van der Waals surface area contributed by atoms with Gasteiger partial charge in [-0.25, -0.2) is 0 Å². The van der Waals surface area contributed by atoms with Crippen LogP contribution in [0.4, 0.5) is 0 Å². The predicted molar refractivity (Wildman–Crippen MR) is 131 cm³/mol. The number of carbonyl (C=O) groups is 2. The van der Waals surface area contributed by atoms with E-state index >= 15 is 0 Å². The molecule has 0 aliphatic carbocycles. The van der Waals surface area contributed by atoms with Crippen LogP contribution in [0.2, 0.25) is 5.02 Å². The lowest BCUT2D eigenvalue weighted by Crippen LogP contribution is -2.48. The standard InChI is InChI=1S/C26H28ClN3O4/c1-18(26(32)29-16-22-6-4-5-13-28-22)30(17-19-7-10-21(27)11-8-19)25(31)15-20-9-12-23(33-2)24(14-20)34-3/h4-14,18H,15-17H2,1-3H3,(H,29,32)/t18-/m0/s1. The number of hydrogen-bond acceptors (Lipinski definition) is 5. The summed E-state index contributed by atoms with van der Waals surface area (Å²) < 4.78 is 10.6. The molecular weight excluding hydrogens is 454 g/mol. The maximum Gasteiger partial charge on any atom is 0.242 e. The van der Waals surface area contributed by atoms with E-state index in [0.717, 1.165) is 16.8 Å². The van der Waals surface area contributed by atoms with Crippen LogP contribution in [0, 0.1) is 0 Å². The van der Waals surface area contributed by atoms with Gasteiger partial charge in [0.1, 0.15) is 6.04 Å². The largest absolute Gasteiger partial charge is 0.493 e. The Bertz CT molecular complexity index is 1110. The number of amides is 2. The molecule has 0 bridgehead atoms. The molecule has 2 aromatic carbocycles. The fourth-order valence-corrected chi connectivity index (χ4v) is 3.59. The van der Waals surface area contributed by atoms with E-state index in [9.17, 15) is 9.59 Å². The third-order valence-corrected chi connectivity index (χ3v) is 5.66. The zero-order valence-corrected chi connectivity index (χ0v) is 20.2. The van der Waals surface area contributed by atoms with Crippen LogP contribution < -0.4 is 14.8 Å². The van der Waals surface area contributed by atoms with Gasteiger partial charge in [-0.3, -0.25) is 14.6 Å². The highest BCUT2D eigenvalue weighted by Crippen LogP contribution is 2.28. The summed E-state index contributed by atoms with van der Waals surface area (Å²) in [6.45, 7) is 2.26. The Morgan fingerprint density at radius 2 is 1.71 bits per heavy atom. The molecule has 1 aromatic heterocycles. The van der Waals surface area contributed by atoms with E-state index in [1.54, 1.807) is 56.5 Å². The SMILES string of the molecule is COc1ccc(CC(=O)N(Cc2ccc(Cl)cc2)[C@@H](C)C(=O)NCc2ccccn2)cc1OC. The highest BCUT2D eigenvalue weighted by atomic mass is 35.5. The van der Waals surface area contributed by atoms with E-state index in [4.69, 9.17) is 21.1 Å². The van der Waals surface area contributed by atoms with Gasteiger partial charge in [-0.15, -0.1) is 0 Å². The Hall–Kier alpha value is -3.58. The van der Waals surface area contributed by atoms with Crippen LogP contribution in [0.5, 0.6) is 11.5 Å². The van der Waals surface area contributed by atoms with Crippen LogP contribution in [0.25, 0.3) is 0 Å². The van der Waals surface area contributed by atoms with Crippen molar-refractivity contribution in [3.05, 3.63) is 88.7 Å². The second-order valence-corrected chi connectivity index (χ2v) is 8.17. The molecule has 0 unspecified atom stereocenters. The maximum atomic E-state index is 13.4. The Kier molecular flexibility index (Phi) is 8.87. The second-order valence-electron chi connectivity index (χ2n) is 7.73. The molecule has 0 saturated heterocycles. The van der Waals surface area contributed by atoms with Crippen LogP contribution in [0.3, 0.4) is 0 Å². The van der Waals surface area contributed by atoms with Gasteiger partial charge in [-0.2, -0.15) is 0 Å². The Morgan fingerprint density at radius 3 is 2.35 bits per heavy atom. The topological polar surface area (TPSA) is 80.8 Å². The zero-order chi connectivity index (χ0) is 24.5. The van der Waals surface area contributed by atoms with E-state index < -0.39 is 6.04 Å². The van der Waals surface area contributed by atoms with Gasteiger partial charge >= 0.3 is 0 Å². The van der Waals surface area contributed by atoms with Crippen molar-refractivity contribution in [2.24, 2.45) is 0 Å². The minimum absolute atomic E-state index is 0.103. The molecule has 0 spiro atoms. The number of pyridine rings is 1. The minimum atomic E-state index is -0.702. The normalized spacial score (nSPS) is 11.4. The summed E-state index contributed by atoms with van der Waals surface area (Å²) in [7, 11) is 3.10. The van der Waals surface area contributed by atoms with Crippen molar-refractivity contribution in [1.29, 1.82) is 0 Å². The smallest absolute Gasteiger partial charge is 0.242 e. The molecule has 34 heavy (non-hydrogen) atoms. The number of nitrogens with zero attached hydrogens (tertiary/aromatic N) is 2. The number of halogens is 1. The monoisotopic (exact) mass is 481 g/mol. The van der Waals surface area contributed by atoms with Gasteiger partial charge in [0.2, 0.25) is 11.8 Å². The number of methoxy groups -OCH3 is 2. The molecule has 1 N–H and O–H groups in total. The minimum Gasteiger partial charge on any atom is -0.493 e. The van der Waals surface area contributed by atoms with Crippen LogP contribution in [-0.2, 0) is 29.1 Å². The zero-order valence-electron chi connectivity index (χ0n) is 19.5. The lowest BCUT2D eigenvalue weighted by molar-refractivity contribution is -0.140. The molecule has 7 nitrogen and oxygen atoms in total. The maximum absolute atomic E-state index is 13.4. The van der Waals surface area contributed by atoms with Crippen molar-refractivity contribution in [1.82, 2.24) is 15.2 Å². The van der Waals surface area contributed by atoms with Gasteiger partial charge in [0.05, 0.1) is 32.9 Å². The van der Waals surface area contributed by atoms with Crippen LogP contribution in [-0.4, -0.2) is 42.0 Å². The first-order valence-electron chi connectivity index (χ1n) is 10.8. The van der Waals surface area contributed by atoms with E-state index in [1.807, 2.05) is 36.4 Å². The number of hydrogen-bond donors (Lipinski definition) is 1. The van der Waals surface area contributed by atoms with Crippen molar-refractivity contribution in [3.63, 3.8) is 0 Å². The molecule has 8 heteroatoms. The number of carbonyl (C=O) groups excluding carboxylic acids is 2. The van der Waals surface area contributed by atoms with Crippen molar-refractivity contribution in [2.45, 2.75) is 32.5 Å². The van der Waals surface area contributed by atoms with Gasteiger partial charge in [-0.05, 0) is 54.4 Å². The molecule has 3 rings (SSSR count). The first kappa shape index (κ1) is 25.1. The Morgan fingerprint density at radius 1 is 1.00 bits per heavy atom. The summed E-state index contributed by atoms with van der Waals surface area (Å²) >= 11 is 6.01. The fraction of sp³-hybridized carbons (Fsp3) is 0.269. The molecule has 0 radical (unpaired) electrons. The van der Waals surface area contributed by atoms with Crippen LogP contribution in [0.15, 0.2) is 66.9 Å². The third-order valence-electron chi connectivity index (χ3n) is 5.41. The summed E-state index contributed by atoms with van der Waals surface area (Å²) in [6, 6.07) is 17.4. The van der Waals surface area contributed by atoms with E-state index in [1.165, 1.54) is 0 Å². The number of nitrogens with one attached hydrogen (secondary N) is 1. The van der Waals surface area contributed by atoms with Crippen LogP contribution in [0.1, 0.15) is 23.7 Å². The third kappa shape index (κ3) is 6.71. The molecule has 0 fully saturated rings. The van der Waals surface area contributed by atoms with Crippen molar-refractivity contribution in [2.75, 3.05) is 14.2 Å². The number of ether oxygens (including phenoxy) is 2. The average molecular weight is 482 g/mol. The van der Waals surface area contributed by atoms with E-state index in [0.29, 0.717) is 16.5 Å². The number of benzene rings is 2. The van der Waals surface area contributed by atoms with E-state index in [-0.39, 0.29) is 31.3 Å². The molecule has 3 aromatic rings. The summed E-state index contributed by atoms with van der Waals surface area (Å²) in [5.74, 6) is 0.667. The van der Waals surface area contributed by atoms with Gasteiger partial charge in [0, 0.05) is 17.8 Å². The highest BCUT2D eigenvalue weighted by Gasteiger charge is 2.26. The van der Waals surface area contributed by atoms with Gasteiger partial charge < -0.3 is 19.7 Å². The summed E-state index contributed by atoms with van der Waals surface area (Å²) in [4.78, 5) is 32.1. The quantitative estimate of drug-likeness (QED) is 0.473. The van der Waals surface area contributed by atoms with Gasteiger partial charge in [0.25, 0.3) is 0 Å². The molecule has 1 atom stereocenters. The molecule has 1 heterocycles. The predicted octanol–water partition coefficient (Wildman–Crippen LogP) is 4.03. The van der Waals surface area contributed by atoms with Gasteiger partial charge in [0.15, 0.2) is 11.5 Å². The van der Waals surface area contributed by atoms with Crippen molar-refractivity contribution < 1.29 is 19.1 Å². The molecule has 2 amide bonds. The Balaban J connectivity index is 1.78. The number of rotatable bonds is 10. The lowest BCUT2D eigenvalue weighted by Gasteiger charge is -2.29. The van der Waals surface area contributed by atoms with Crippen LogP contribution >= 0.6 is 11.6 Å². The second kappa shape index (κ2) is 12.0. The average Bonchev–Trinajstić information content (AvgIpc) is 2.86. The molecule has 0 aliphatic rings. The summed E-state index contributed by atoms with van der Waals surface area (Å²) in [5, 5.41) is 3.48. The van der Waals surface area contributed by atoms with Crippen molar-refractivity contribution in [3.8, 4) is 11.5 Å². The first-order valence-corrected chi connectivity index (χ1v) is 11.2. The first-order chi connectivity index (χ1) is 16.4. The highest BCUT2D eigenvalue weighted by molar-refractivity contribution is 6.30. The van der Waals surface area contributed by atoms with E-state index in [2.05, 4.69) is 10.3 Å². The fourth-order valence-electron chi connectivity index (χ4n) is 3.46. The van der Waals surface area contributed by atoms with Crippen molar-refractivity contribution >= 4 is 23.4 Å². The Labute approximate surface area is 204 Å². The number of aromatic nitrogens is 1. The summed E-state index contributed by atoms with van der Waals surface area (Å²) in [6.07, 6.45) is 1.77.